The Morgan fingerprint density at radius 2 is 2.10 bits per heavy atom. The predicted octanol–water partition coefficient (Wildman–Crippen LogP) is 2.86. The summed E-state index contributed by atoms with van der Waals surface area (Å²) in [6.07, 6.45) is 4.76. The molecule has 1 aliphatic heterocycles. The van der Waals surface area contributed by atoms with Crippen molar-refractivity contribution in [2.45, 2.75) is 53.1 Å². The standard InChI is InChI=1S/C17H24O4/c1-10(18)21-13-7-8-17(4)12(16(13,2)3)6-5-11-9-20-15(19)14(11)17/h5,12-14H,6-9H2,1-4H3/t12-,13+,14-,17+/m1/s1. The minimum absolute atomic E-state index is 0.0690. The fraction of sp³-hybridized carbons (Fsp3) is 0.765. The highest BCUT2D eigenvalue weighted by Gasteiger charge is 2.60. The van der Waals surface area contributed by atoms with Crippen LogP contribution in [0.4, 0.5) is 0 Å². The molecule has 2 fully saturated rings. The van der Waals surface area contributed by atoms with E-state index in [1.165, 1.54) is 6.92 Å². The average Bonchev–Trinajstić information content (AvgIpc) is 2.76. The smallest absolute Gasteiger partial charge is 0.314 e. The van der Waals surface area contributed by atoms with Crippen molar-refractivity contribution in [3.05, 3.63) is 11.6 Å². The van der Waals surface area contributed by atoms with Crippen LogP contribution < -0.4 is 0 Å². The molecule has 116 valence electrons. The van der Waals surface area contributed by atoms with Gasteiger partial charge in [0.2, 0.25) is 0 Å². The lowest BCUT2D eigenvalue weighted by Gasteiger charge is -2.57. The molecule has 0 unspecified atom stereocenters. The molecule has 0 aromatic heterocycles. The summed E-state index contributed by atoms with van der Waals surface area (Å²) >= 11 is 0. The highest BCUT2D eigenvalue weighted by molar-refractivity contribution is 5.80. The third kappa shape index (κ3) is 2.02. The molecule has 0 N–H and O–H groups in total. The van der Waals surface area contributed by atoms with Crippen LogP contribution in [0.5, 0.6) is 0 Å². The van der Waals surface area contributed by atoms with Crippen LogP contribution >= 0.6 is 0 Å². The second-order valence-electron chi connectivity index (χ2n) is 7.57. The molecule has 3 rings (SSSR count). The predicted molar refractivity (Wildman–Crippen MR) is 77.3 cm³/mol. The van der Waals surface area contributed by atoms with Gasteiger partial charge in [0.25, 0.3) is 0 Å². The Bertz CT molecular complexity index is 519. The molecule has 3 aliphatic rings. The summed E-state index contributed by atoms with van der Waals surface area (Å²) < 4.78 is 10.8. The highest BCUT2D eigenvalue weighted by atomic mass is 16.5. The Morgan fingerprint density at radius 3 is 2.76 bits per heavy atom. The van der Waals surface area contributed by atoms with E-state index >= 15 is 0 Å². The van der Waals surface area contributed by atoms with E-state index in [1.54, 1.807) is 0 Å². The molecule has 0 aromatic carbocycles. The molecule has 0 bridgehead atoms. The van der Waals surface area contributed by atoms with Crippen LogP contribution in [0.25, 0.3) is 0 Å². The van der Waals surface area contributed by atoms with Gasteiger partial charge in [-0.2, -0.15) is 0 Å². The molecule has 0 aromatic rings. The van der Waals surface area contributed by atoms with Crippen LogP contribution in [0.3, 0.4) is 0 Å². The molecule has 4 heteroatoms. The first kappa shape index (κ1) is 14.6. The van der Waals surface area contributed by atoms with E-state index in [2.05, 4.69) is 26.8 Å². The molecule has 21 heavy (non-hydrogen) atoms. The van der Waals surface area contributed by atoms with E-state index in [1.807, 2.05) is 0 Å². The van der Waals surface area contributed by atoms with Crippen molar-refractivity contribution in [3.63, 3.8) is 0 Å². The van der Waals surface area contributed by atoms with Crippen LogP contribution in [-0.2, 0) is 19.1 Å². The second-order valence-corrected chi connectivity index (χ2v) is 7.57. The fourth-order valence-corrected chi connectivity index (χ4v) is 5.00. The lowest BCUT2D eigenvalue weighted by atomic mass is 9.48. The normalized spacial score (nSPS) is 40.7. The van der Waals surface area contributed by atoms with Gasteiger partial charge < -0.3 is 9.47 Å². The summed E-state index contributed by atoms with van der Waals surface area (Å²) in [5.74, 6) is -0.0736. The topological polar surface area (TPSA) is 52.6 Å². The van der Waals surface area contributed by atoms with Crippen LogP contribution in [0.2, 0.25) is 0 Å². The fourth-order valence-electron chi connectivity index (χ4n) is 5.00. The van der Waals surface area contributed by atoms with Crippen molar-refractivity contribution in [2.75, 3.05) is 6.61 Å². The molecule has 2 aliphatic carbocycles. The molecule has 1 heterocycles. The van der Waals surface area contributed by atoms with Gasteiger partial charge in [-0.15, -0.1) is 0 Å². The van der Waals surface area contributed by atoms with Gasteiger partial charge in [0, 0.05) is 12.3 Å². The van der Waals surface area contributed by atoms with Crippen molar-refractivity contribution in [3.8, 4) is 0 Å². The summed E-state index contributed by atoms with van der Waals surface area (Å²) in [6, 6.07) is 0. The molecule has 1 saturated heterocycles. The zero-order chi connectivity index (χ0) is 15.4. The third-order valence-electron chi connectivity index (χ3n) is 6.04. The maximum atomic E-state index is 12.2. The number of cyclic esters (lactones) is 1. The zero-order valence-electron chi connectivity index (χ0n) is 13.3. The number of rotatable bonds is 1. The summed E-state index contributed by atoms with van der Waals surface area (Å²) in [5, 5.41) is 0. The lowest BCUT2D eigenvalue weighted by molar-refractivity contribution is -0.175. The number of hydrogen-bond donors (Lipinski definition) is 0. The number of esters is 2. The van der Waals surface area contributed by atoms with E-state index in [-0.39, 0.29) is 34.8 Å². The van der Waals surface area contributed by atoms with Crippen LogP contribution in [0.15, 0.2) is 11.6 Å². The van der Waals surface area contributed by atoms with Gasteiger partial charge in [-0.1, -0.05) is 26.8 Å². The van der Waals surface area contributed by atoms with E-state index in [0.717, 1.165) is 24.8 Å². The maximum Gasteiger partial charge on any atom is 0.314 e. The molecule has 4 atom stereocenters. The maximum absolute atomic E-state index is 12.2. The largest absolute Gasteiger partial charge is 0.462 e. The summed E-state index contributed by atoms with van der Waals surface area (Å²) in [5.41, 5.74) is 0.932. The van der Waals surface area contributed by atoms with Crippen LogP contribution in [-0.4, -0.2) is 24.6 Å². The van der Waals surface area contributed by atoms with Crippen molar-refractivity contribution in [1.82, 2.24) is 0 Å². The zero-order valence-corrected chi connectivity index (χ0v) is 13.3. The second kappa shape index (κ2) is 4.59. The van der Waals surface area contributed by atoms with Crippen LogP contribution in [0, 0.1) is 22.7 Å². The summed E-state index contributed by atoms with van der Waals surface area (Å²) in [6.45, 7) is 8.48. The van der Waals surface area contributed by atoms with E-state index in [9.17, 15) is 9.59 Å². The number of fused-ring (bicyclic) bond motifs is 3. The van der Waals surface area contributed by atoms with Gasteiger partial charge in [-0.05, 0) is 36.2 Å². The highest BCUT2D eigenvalue weighted by Crippen LogP contribution is 2.61. The summed E-state index contributed by atoms with van der Waals surface area (Å²) in [4.78, 5) is 23.6. The number of hydrogen-bond acceptors (Lipinski definition) is 4. The van der Waals surface area contributed by atoms with Gasteiger partial charge in [0.05, 0.1) is 5.92 Å². The SMILES string of the molecule is CC(=O)O[C@H]1CC[C@]2(C)[C@H]3C(=O)OCC3=CC[C@@H]2C1(C)C. The molecule has 0 spiro atoms. The quantitative estimate of drug-likeness (QED) is 0.551. The molecule has 1 saturated carbocycles. The number of carbonyl (C=O) groups excluding carboxylic acids is 2. The Hall–Kier alpha value is -1.32. The van der Waals surface area contributed by atoms with E-state index < -0.39 is 0 Å². The Labute approximate surface area is 125 Å². The molecule has 4 nitrogen and oxygen atoms in total. The molecular weight excluding hydrogens is 268 g/mol. The Kier molecular flexibility index (Phi) is 3.19. The minimum atomic E-state index is -0.219. The first-order chi connectivity index (χ1) is 9.76. The number of allylic oxidation sites excluding steroid dienone is 1. The number of carbonyl (C=O) groups is 2. The third-order valence-corrected chi connectivity index (χ3v) is 6.04. The van der Waals surface area contributed by atoms with Crippen LogP contribution in [0.1, 0.15) is 47.0 Å². The molecule has 0 amide bonds. The van der Waals surface area contributed by atoms with Gasteiger partial charge in [0.15, 0.2) is 0 Å². The monoisotopic (exact) mass is 292 g/mol. The molecule has 0 radical (unpaired) electrons. The van der Waals surface area contributed by atoms with E-state index in [0.29, 0.717) is 12.5 Å². The van der Waals surface area contributed by atoms with Gasteiger partial charge in [-0.3, -0.25) is 9.59 Å². The average molecular weight is 292 g/mol. The summed E-state index contributed by atoms with van der Waals surface area (Å²) in [7, 11) is 0. The van der Waals surface area contributed by atoms with Gasteiger partial charge in [-0.25, -0.2) is 0 Å². The Morgan fingerprint density at radius 1 is 1.38 bits per heavy atom. The van der Waals surface area contributed by atoms with E-state index in [4.69, 9.17) is 9.47 Å². The first-order valence-electron chi connectivity index (χ1n) is 7.79. The van der Waals surface area contributed by atoms with Gasteiger partial charge in [0.1, 0.15) is 12.7 Å². The van der Waals surface area contributed by atoms with Crippen molar-refractivity contribution < 1.29 is 19.1 Å². The van der Waals surface area contributed by atoms with Crippen molar-refractivity contribution in [1.29, 1.82) is 0 Å². The lowest BCUT2D eigenvalue weighted by Crippen LogP contribution is -2.55. The minimum Gasteiger partial charge on any atom is -0.462 e. The van der Waals surface area contributed by atoms with Crippen molar-refractivity contribution in [2.24, 2.45) is 22.7 Å². The first-order valence-corrected chi connectivity index (χ1v) is 7.79. The molecular formula is C17H24O4. The number of ether oxygens (including phenoxy) is 2. The van der Waals surface area contributed by atoms with Gasteiger partial charge >= 0.3 is 11.9 Å². The van der Waals surface area contributed by atoms with Crippen molar-refractivity contribution >= 4 is 11.9 Å². The Balaban J connectivity index is 1.96.